The molecule has 31 heavy (non-hydrogen) atoms. The highest BCUT2D eigenvalue weighted by atomic mass is 16.5. The number of carbonyl (C=O) groups is 1. The van der Waals surface area contributed by atoms with E-state index in [1.165, 1.54) is 0 Å². The minimum absolute atomic E-state index is 0.0534. The SMILES string of the molecule is COc1ccc(CCNC(=O)COc2ccc3nc4n(c(=O)c3c2)CCC4)cc1OC. The van der Waals surface area contributed by atoms with E-state index in [1.54, 1.807) is 37.0 Å². The lowest BCUT2D eigenvalue weighted by Crippen LogP contribution is -2.30. The van der Waals surface area contributed by atoms with E-state index in [4.69, 9.17) is 14.2 Å². The molecule has 0 saturated heterocycles. The van der Waals surface area contributed by atoms with Gasteiger partial charge in [0.05, 0.1) is 25.1 Å². The number of carbonyl (C=O) groups excluding carboxylic acids is 1. The van der Waals surface area contributed by atoms with Crippen molar-refractivity contribution in [3.63, 3.8) is 0 Å². The number of aromatic nitrogens is 2. The van der Waals surface area contributed by atoms with Gasteiger partial charge in [-0.25, -0.2) is 4.98 Å². The van der Waals surface area contributed by atoms with E-state index in [2.05, 4.69) is 10.3 Å². The van der Waals surface area contributed by atoms with Gasteiger partial charge in [0.15, 0.2) is 18.1 Å². The first-order valence-corrected chi connectivity index (χ1v) is 10.2. The van der Waals surface area contributed by atoms with Gasteiger partial charge >= 0.3 is 0 Å². The van der Waals surface area contributed by atoms with Crippen LogP contribution < -0.4 is 25.1 Å². The van der Waals surface area contributed by atoms with E-state index in [1.807, 2.05) is 18.2 Å². The van der Waals surface area contributed by atoms with Crippen LogP contribution in [0.5, 0.6) is 17.2 Å². The summed E-state index contributed by atoms with van der Waals surface area (Å²) in [5.41, 5.74) is 1.63. The Bertz CT molecular complexity index is 1170. The lowest BCUT2D eigenvalue weighted by Gasteiger charge is -2.11. The third kappa shape index (κ3) is 4.47. The van der Waals surface area contributed by atoms with Crippen molar-refractivity contribution in [3.8, 4) is 17.2 Å². The van der Waals surface area contributed by atoms with Crippen LogP contribution in [0.4, 0.5) is 0 Å². The molecule has 1 aromatic heterocycles. The molecule has 0 aliphatic carbocycles. The average Bonchev–Trinajstić information content (AvgIpc) is 3.26. The van der Waals surface area contributed by atoms with Crippen molar-refractivity contribution in [1.82, 2.24) is 14.9 Å². The van der Waals surface area contributed by atoms with Gasteiger partial charge in [-0.1, -0.05) is 6.07 Å². The second-order valence-electron chi connectivity index (χ2n) is 7.35. The molecule has 4 rings (SSSR count). The number of ether oxygens (including phenoxy) is 3. The van der Waals surface area contributed by atoms with Gasteiger partial charge in [-0.05, 0) is 48.7 Å². The Morgan fingerprint density at radius 3 is 2.77 bits per heavy atom. The number of hydrogen-bond acceptors (Lipinski definition) is 6. The molecule has 162 valence electrons. The molecule has 2 aromatic carbocycles. The molecular formula is C23H25N3O5. The summed E-state index contributed by atoms with van der Waals surface area (Å²) < 4.78 is 17.8. The van der Waals surface area contributed by atoms with Gasteiger partial charge in [0.2, 0.25) is 0 Å². The summed E-state index contributed by atoms with van der Waals surface area (Å²) in [5.74, 6) is 2.39. The standard InChI is InChI=1S/C23H25N3O5/c1-29-19-8-5-15(12-20(19)30-2)9-10-24-22(27)14-31-16-6-7-18-17(13-16)23(28)26-11-3-4-21(26)25-18/h5-8,12-13H,3-4,9-11,14H2,1-2H3,(H,24,27). The Kier molecular flexibility index (Phi) is 6.06. The smallest absolute Gasteiger partial charge is 0.261 e. The van der Waals surface area contributed by atoms with Crippen LogP contribution in [-0.4, -0.2) is 42.8 Å². The van der Waals surface area contributed by atoms with Crippen molar-refractivity contribution in [3.05, 3.63) is 58.1 Å². The molecule has 3 aromatic rings. The Morgan fingerprint density at radius 1 is 1.13 bits per heavy atom. The monoisotopic (exact) mass is 423 g/mol. The minimum atomic E-state index is -0.232. The Hall–Kier alpha value is -3.55. The minimum Gasteiger partial charge on any atom is -0.493 e. The molecule has 8 nitrogen and oxygen atoms in total. The summed E-state index contributed by atoms with van der Waals surface area (Å²) in [6.07, 6.45) is 2.41. The van der Waals surface area contributed by atoms with Gasteiger partial charge in [-0.2, -0.15) is 0 Å². The zero-order chi connectivity index (χ0) is 21.8. The van der Waals surface area contributed by atoms with E-state index in [-0.39, 0.29) is 18.1 Å². The maximum Gasteiger partial charge on any atom is 0.261 e. The topological polar surface area (TPSA) is 91.7 Å². The highest BCUT2D eigenvalue weighted by Gasteiger charge is 2.16. The van der Waals surface area contributed by atoms with Gasteiger partial charge in [-0.3, -0.25) is 14.2 Å². The van der Waals surface area contributed by atoms with Crippen molar-refractivity contribution < 1.29 is 19.0 Å². The van der Waals surface area contributed by atoms with Crippen molar-refractivity contribution in [2.24, 2.45) is 0 Å². The molecule has 8 heteroatoms. The second kappa shape index (κ2) is 9.07. The van der Waals surface area contributed by atoms with E-state index < -0.39 is 0 Å². The predicted molar refractivity (Wildman–Crippen MR) is 116 cm³/mol. The molecule has 0 saturated carbocycles. The highest BCUT2D eigenvalue weighted by Crippen LogP contribution is 2.27. The summed E-state index contributed by atoms with van der Waals surface area (Å²) >= 11 is 0. The van der Waals surface area contributed by atoms with Crippen molar-refractivity contribution in [2.75, 3.05) is 27.4 Å². The molecule has 1 N–H and O–H groups in total. The van der Waals surface area contributed by atoms with Crippen molar-refractivity contribution in [2.45, 2.75) is 25.8 Å². The normalized spacial score (nSPS) is 12.5. The lowest BCUT2D eigenvalue weighted by molar-refractivity contribution is -0.123. The molecular weight excluding hydrogens is 398 g/mol. The fourth-order valence-corrected chi connectivity index (χ4v) is 3.73. The second-order valence-corrected chi connectivity index (χ2v) is 7.35. The molecule has 2 heterocycles. The third-order valence-corrected chi connectivity index (χ3v) is 5.34. The summed E-state index contributed by atoms with van der Waals surface area (Å²) in [6, 6.07) is 10.8. The Morgan fingerprint density at radius 2 is 1.97 bits per heavy atom. The maximum absolute atomic E-state index is 12.6. The van der Waals surface area contributed by atoms with Gasteiger partial charge < -0.3 is 19.5 Å². The number of nitrogens with one attached hydrogen (secondary N) is 1. The molecule has 0 unspecified atom stereocenters. The number of fused-ring (bicyclic) bond motifs is 2. The molecule has 0 bridgehead atoms. The molecule has 1 aliphatic rings. The van der Waals surface area contributed by atoms with Crippen LogP contribution >= 0.6 is 0 Å². The summed E-state index contributed by atoms with van der Waals surface area (Å²) in [5, 5.41) is 3.35. The van der Waals surface area contributed by atoms with Gasteiger partial charge in [0.25, 0.3) is 11.5 Å². The molecule has 1 aliphatic heterocycles. The number of nitrogens with zero attached hydrogens (tertiary/aromatic N) is 2. The Labute approximate surface area is 179 Å². The largest absolute Gasteiger partial charge is 0.493 e. The van der Waals surface area contributed by atoms with Crippen LogP contribution in [0.1, 0.15) is 17.8 Å². The summed E-state index contributed by atoms with van der Waals surface area (Å²) in [6.45, 7) is 1.04. The number of aryl methyl sites for hydroxylation is 1. The zero-order valence-electron chi connectivity index (χ0n) is 17.6. The van der Waals surface area contributed by atoms with Gasteiger partial charge in [-0.15, -0.1) is 0 Å². The van der Waals surface area contributed by atoms with Gasteiger partial charge in [0.1, 0.15) is 11.6 Å². The first-order valence-electron chi connectivity index (χ1n) is 10.2. The Balaban J connectivity index is 1.32. The van der Waals surface area contributed by atoms with Crippen LogP contribution in [0.3, 0.4) is 0 Å². The van der Waals surface area contributed by atoms with Crippen LogP contribution in [0, 0.1) is 0 Å². The van der Waals surface area contributed by atoms with E-state index in [0.717, 1.165) is 24.2 Å². The first-order chi connectivity index (χ1) is 15.1. The lowest BCUT2D eigenvalue weighted by atomic mass is 10.1. The van der Waals surface area contributed by atoms with Crippen LogP contribution in [0.25, 0.3) is 10.9 Å². The molecule has 0 fully saturated rings. The fourth-order valence-electron chi connectivity index (χ4n) is 3.73. The number of amides is 1. The third-order valence-electron chi connectivity index (χ3n) is 5.34. The van der Waals surface area contributed by atoms with Crippen LogP contribution in [-0.2, 0) is 24.2 Å². The van der Waals surface area contributed by atoms with Crippen molar-refractivity contribution in [1.29, 1.82) is 0 Å². The summed E-state index contributed by atoms with van der Waals surface area (Å²) in [4.78, 5) is 29.4. The molecule has 1 amide bonds. The maximum atomic E-state index is 12.6. The van der Waals surface area contributed by atoms with Crippen LogP contribution in [0.2, 0.25) is 0 Å². The van der Waals surface area contributed by atoms with E-state index in [9.17, 15) is 9.59 Å². The van der Waals surface area contributed by atoms with E-state index >= 15 is 0 Å². The van der Waals surface area contributed by atoms with Crippen LogP contribution in [0.15, 0.2) is 41.2 Å². The number of rotatable bonds is 8. The first kappa shape index (κ1) is 20.7. The van der Waals surface area contributed by atoms with E-state index in [0.29, 0.717) is 47.7 Å². The number of methoxy groups -OCH3 is 2. The highest BCUT2D eigenvalue weighted by molar-refractivity contribution is 5.80. The predicted octanol–water partition coefficient (Wildman–Crippen LogP) is 2.10. The van der Waals surface area contributed by atoms with Crippen molar-refractivity contribution >= 4 is 16.8 Å². The molecule has 0 spiro atoms. The fraction of sp³-hybridized carbons (Fsp3) is 0.348. The number of benzene rings is 2. The summed E-state index contributed by atoms with van der Waals surface area (Å²) in [7, 11) is 3.18. The zero-order valence-corrected chi connectivity index (χ0v) is 17.6. The molecule has 0 atom stereocenters. The average molecular weight is 423 g/mol. The van der Waals surface area contributed by atoms with Gasteiger partial charge in [0, 0.05) is 19.5 Å². The quantitative estimate of drug-likeness (QED) is 0.597. The number of hydrogen-bond donors (Lipinski definition) is 1. The molecule has 0 radical (unpaired) electrons.